The van der Waals surface area contributed by atoms with Crippen molar-refractivity contribution in [2.75, 3.05) is 50.2 Å². The second kappa shape index (κ2) is 21.3. The Morgan fingerprint density at radius 3 is 1.47 bits per heavy atom. The average Bonchev–Trinajstić information content (AvgIpc) is 4.35. The van der Waals surface area contributed by atoms with Crippen molar-refractivity contribution in [2.45, 2.75) is 135 Å². The number of fused-ring (bicyclic) bond motifs is 2. The van der Waals surface area contributed by atoms with Crippen molar-refractivity contribution in [2.24, 2.45) is 10.8 Å². The van der Waals surface area contributed by atoms with Gasteiger partial charge in [-0.25, -0.2) is 28.3 Å². The molecule has 0 aliphatic carbocycles. The third-order valence-corrected chi connectivity index (χ3v) is 16.4. The standard InChI is InChI=1S/C59H72F2N10O6/c1-58(2,3)50(66-56(74)76-7)54(72)69-26-12-16-47(69)52-62-41-20-18-36(30-43(41)64-52)45-22-23-46(71(45)38-32-39(60)49(40(61)33-38)68-28-24-35(25-29-68)34-14-10-9-11-15-34)37-19-21-42-44(31-37)65-53(63-42)48-17-13-27-70(48)55(73)51(59(4,5)6)67-57(75)77-8/h9-11,14-15,18-21,30-33,35,45-48,50-51H,12-13,16-17,22-29H2,1-8H3,(H,62,64)(H,63,65)(H,66,74)(H,67,75)/t45-,46-,47+,48+,50-,51-/m1/s1. The minimum Gasteiger partial charge on any atom is -0.453 e. The van der Waals surface area contributed by atoms with Crippen molar-refractivity contribution >= 4 is 57.4 Å². The summed E-state index contributed by atoms with van der Waals surface area (Å²) in [4.78, 5) is 77.8. The van der Waals surface area contributed by atoms with Crippen molar-refractivity contribution in [1.29, 1.82) is 0 Å². The number of likely N-dealkylation sites (tertiary alicyclic amines) is 2. The molecular formula is C59H72F2N10O6. The number of methoxy groups -OCH3 is 2. The van der Waals surface area contributed by atoms with E-state index in [1.807, 2.05) is 88.9 Å². The molecule has 4 aliphatic rings. The van der Waals surface area contributed by atoms with Crippen molar-refractivity contribution in [3.63, 3.8) is 0 Å². The number of imidazole rings is 2. The number of H-pyrrole nitrogens is 2. The first-order valence-corrected chi connectivity index (χ1v) is 27.2. The van der Waals surface area contributed by atoms with Gasteiger partial charge in [-0.1, -0.05) is 84.0 Å². The summed E-state index contributed by atoms with van der Waals surface area (Å²) in [5.74, 6) is -0.0221. The van der Waals surface area contributed by atoms with Crippen LogP contribution in [-0.2, 0) is 19.1 Å². The lowest BCUT2D eigenvalue weighted by molar-refractivity contribution is -0.137. The number of nitrogens with zero attached hydrogens (tertiary/aromatic N) is 6. The molecule has 4 aromatic carbocycles. The highest BCUT2D eigenvalue weighted by molar-refractivity contribution is 5.88. The van der Waals surface area contributed by atoms with E-state index in [2.05, 4.69) is 49.8 Å². The number of hydrogen-bond acceptors (Lipinski definition) is 10. The highest BCUT2D eigenvalue weighted by Crippen LogP contribution is 2.49. The molecule has 6 atom stereocenters. The Hall–Kier alpha value is -7.24. The second-order valence-corrected chi connectivity index (χ2v) is 23.5. The van der Waals surface area contributed by atoms with E-state index in [1.165, 1.54) is 31.9 Å². The molecule has 4 amide bonds. The maximum absolute atomic E-state index is 16.9. The van der Waals surface area contributed by atoms with E-state index in [4.69, 9.17) is 19.4 Å². The summed E-state index contributed by atoms with van der Waals surface area (Å²) in [5, 5.41) is 5.52. The number of ether oxygens (including phenoxy) is 2. The number of carbonyl (C=O) groups excluding carboxylic acids is 4. The largest absolute Gasteiger partial charge is 0.453 e. The molecule has 16 nitrogen and oxygen atoms in total. The molecule has 0 spiro atoms. The molecule has 6 aromatic rings. The smallest absolute Gasteiger partial charge is 0.407 e. The van der Waals surface area contributed by atoms with Crippen LogP contribution in [0.4, 0.5) is 29.7 Å². The highest BCUT2D eigenvalue weighted by atomic mass is 19.1. The highest BCUT2D eigenvalue weighted by Gasteiger charge is 2.44. The van der Waals surface area contributed by atoms with Gasteiger partial charge in [0.1, 0.15) is 29.4 Å². The molecule has 18 heteroatoms. The number of hydrogen-bond donors (Lipinski definition) is 4. The van der Waals surface area contributed by atoms with Crippen LogP contribution in [0.5, 0.6) is 0 Å². The number of amides is 4. The lowest BCUT2D eigenvalue weighted by atomic mass is 9.85. The van der Waals surface area contributed by atoms with Crippen LogP contribution < -0.4 is 20.4 Å². The molecule has 0 unspecified atom stereocenters. The fourth-order valence-corrected chi connectivity index (χ4v) is 12.4. The van der Waals surface area contributed by atoms with Gasteiger partial charge in [-0.15, -0.1) is 0 Å². The summed E-state index contributed by atoms with van der Waals surface area (Å²) in [6.07, 6.45) is 4.48. The van der Waals surface area contributed by atoms with Gasteiger partial charge in [0.25, 0.3) is 0 Å². The van der Waals surface area contributed by atoms with Crippen molar-refractivity contribution < 1.29 is 37.4 Å². The van der Waals surface area contributed by atoms with Crippen LogP contribution >= 0.6 is 0 Å². The van der Waals surface area contributed by atoms with Crippen LogP contribution in [0.1, 0.15) is 151 Å². The van der Waals surface area contributed by atoms with Gasteiger partial charge in [-0.3, -0.25) is 9.59 Å². The van der Waals surface area contributed by atoms with Crippen molar-refractivity contribution in [1.82, 2.24) is 40.4 Å². The van der Waals surface area contributed by atoms with Gasteiger partial charge in [-0.2, -0.15) is 0 Å². The molecule has 0 saturated carbocycles. The Morgan fingerprint density at radius 1 is 0.584 bits per heavy atom. The summed E-state index contributed by atoms with van der Waals surface area (Å²) in [7, 11) is 2.56. The second-order valence-electron chi connectivity index (χ2n) is 23.5. The number of halogens is 2. The number of piperidine rings is 1. The van der Waals surface area contributed by atoms with Crippen LogP contribution in [0.15, 0.2) is 78.9 Å². The van der Waals surface area contributed by atoms with E-state index < -0.39 is 46.7 Å². The Balaban J connectivity index is 0.969. The van der Waals surface area contributed by atoms with E-state index in [9.17, 15) is 19.2 Å². The molecule has 10 rings (SSSR count). The summed E-state index contributed by atoms with van der Waals surface area (Å²) in [6, 6.07) is 22.5. The molecule has 0 radical (unpaired) electrons. The Labute approximate surface area is 448 Å². The van der Waals surface area contributed by atoms with Gasteiger partial charge in [-0.05, 0) is 121 Å². The lowest BCUT2D eigenvalue weighted by Crippen LogP contribution is -2.54. The molecule has 408 valence electrons. The number of anilines is 2. The predicted octanol–water partition coefficient (Wildman–Crippen LogP) is 11.1. The summed E-state index contributed by atoms with van der Waals surface area (Å²) in [5.41, 5.74) is 5.33. The number of alkyl carbamates (subject to hydrolysis) is 2. The van der Waals surface area contributed by atoms with Gasteiger partial charge >= 0.3 is 12.2 Å². The van der Waals surface area contributed by atoms with Crippen LogP contribution in [0.2, 0.25) is 0 Å². The zero-order valence-electron chi connectivity index (χ0n) is 45.4. The minimum atomic E-state index is -0.822. The SMILES string of the molecule is COC(=O)N[C@H](C(=O)N1CCC[C@H]1c1nc2ccc([C@H]3CC[C@H](c4ccc5nc([C@@H]6CCCN6C(=O)[C@@H](NC(=O)OC)C(C)(C)C)[nH]c5c4)N3c3cc(F)c(N4CCC(c5ccccc5)CC4)c(F)c3)cc2[nH]1)C(C)(C)C. The molecule has 77 heavy (non-hydrogen) atoms. The number of benzene rings is 4. The van der Waals surface area contributed by atoms with Gasteiger partial charge in [0, 0.05) is 31.9 Å². The topological polar surface area (TPSA) is 181 Å². The summed E-state index contributed by atoms with van der Waals surface area (Å²) >= 11 is 0. The molecular weight excluding hydrogens is 983 g/mol. The maximum atomic E-state index is 16.9. The summed E-state index contributed by atoms with van der Waals surface area (Å²) in [6.45, 7) is 13.5. The molecule has 4 saturated heterocycles. The first kappa shape index (κ1) is 53.2. The van der Waals surface area contributed by atoms with Crippen LogP contribution in [0, 0.1) is 22.5 Å². The van der Waals surface area contributed by atoms with Crippen molar-refractivity contribution in [3.8, 4) is 0 Å². The molecule has 4 aliphatic heterocycles. The van der Waals surface area contributed by atoms with Crippen LogP contribution in [-0.4, -0.2) is 106 Å². The quantitative estimate of drug-likeness (QED) is 0.0975. The predicted molar refractivity (Wildman–Crippen MR) is 291 cm³/mol. The van der Waals surface area contributed by atoms with E-state index in [1.54, 1.807) is 9.80 Å². The van der Waals surface area contributed by atoms with E-state index >= 15 is 8.78 Å². The fourth-order valence-electron chi connectivity index (χ4n) is 12.4. The summed E-state index contributed by atoms with van der Waals surface area (Å²) < 4.78 is 43.5. The lowest BCUT2D eigenvalue weighted by Gasteiger charge is -2.36. The Kier molecular flexibility index (Phi) is 14.7. The zero-order valence-corrected chi connectivity index (χ0v) is 45.4. The van der Waals surface area contributed by atoms with Crippen molar-refractivity contribution in [3.05, 3.63) is 119 Å². The van der Waals surface area contributed by atoms with Gasteiger partial charge in [0.05, 0.1) is 60.5 Å². The third-order valence-electron chi connectivity index (χ3n) is 16.4. The zero-order chi connectivity index (χ0) is 54.5. The molecule has 4 fully saturated rings. The normalized spacial score (nSPS) is 21.2. The van der Waals surface area contributed by atoms with Gasteiger partial charge < -0.3 is 49.7 Å². The Bertz CT molecular complexity index is 2980. The van der Waals surface area contributed by atoms with E-state index in [-0.39, 0.29) is 41.7 Å². The van der Waals surface area contributed by atoms with Crippen LogP contribution in [0.25, 0.3) is 22.1 Å². The number of rotatable bonds is 11. The number of carbonyl (C=O) groups is 4. The van der Waals surface area contributed by atoms with Gasteiger partial charge in [0.15, 0.2) is 11.6 Å². The average molecular weight is 1060 g/mol. The molecule has 4 N–H and O–H groups in total. The Morgan fingerprint density at radius 2 is 1.04 bits per heavy atom. The number of aromatic amines is 2. The van der Waals surface area contributed by atoms with E-state index in [0.29, 0.717) is 75.1 Å². The number of aromatic nitrogens is 4. The molecule has 2 aromatic heterocycles. The van der Waals surface area contributed by atoms with E-state index in [0.717, 1.165) is 58.9 Å². The first-order chi connectivity index (χ1) is 36.8. The van der Waals surface area contributed by atoms with Crippen LogP contribution in [0.3, 0.4) is 0 Å². The molecule has 0 bridgehead atoms. The first-order valence-electron chi connectivity index (χ1n) is 27.2. The third kappa shape index (κ3) is 10.6. The minimum absolute atomic E-state index is 0.00551. The maximum Gasteiger partial charge on any atom is 0.407 e. The monoisotopic (exact) mass is 1050 g/mol. The fraction of sp³-hybridized carbons (Fsp3) is 0.492. The number of nitrogens with one attached hydrogen (secondary N) is 4. The van der Waals surface area contributed by atoms with Gasteiger partial charge in [0.2, 0.25) is 11.8 Å². The molecule has 6 heterocycles.